The molecule has 3 aromatic rings. The van der Waals surface area contributed by atoms with E-state index in [4.69, 9.17) is 0 Å². The van der Waals surface area contributed by atoms with Gasteiger partial charge in [-0.15, -0.1) is 0 Å². The molecule has 38 heavy (non-hydrogen) atoms. The van der Waals surface area contributed by atoms with Crippen molar-refractivity contribution in [1.82, 2.24) is 19.4 Å². The predicted octanol–water partition coefficient (Wildman–Crippen LogP) is 5.43. The molecule has 2 fully saturated rings. The van der Waals surface area contributed by atoms with Crippen LogP contribution < -0.4 is 0 Å². The second-order valence-electron chi connectivity index (χ2n) is 12.0. The van der Waals surface area contributed by atoms with E-state index in [1.165, 1.54) is 17.7 Å². The first-order valence-corrected chi connectivity index (χ1v) is 13.8. The van der Waals surface area contributed by atoms with Crippen molar-refractivity contribution in [3.63, 3.8) is 0 Å². The fourth-order valence-electron chi connectivity index (χ4n) is 6.43. The van der Waals surface area contributed by atoms with Crippen LogP contribution in [0.2, 0.25) is 0 Å². The number of amides is 1. The van der Waals surface area contributed by atoms with Crippen molar-refractivity contribution in [2.75, 3.05) is 20.1 Å². The topological polar surface area (TPSA) is 58.4 Å². The molecule has 1 aliphatic carbocycles. The highest BCUT2D eigenvalue weighted by molar-refractivity contribution is 5.99. The normalized spacial score (nSPS) is 17.8. The second kappa shape index (κ2) is 10.3. The molecule has 1 atom stereocenters. The average Bonchev–Trinajstić information content (AvgIpc) is 3.19. The molecule has 3 heterocycles. The van der Waals surface area contributed by atoms with Crippen LogP contribution in [0.1, 0.15) is 62.0 Å². The largest absolute Gasteiger partial charge is 0.339 e. The summed E-state index contributed by atoms with van der Waals surface area (Å²) in [7, 11) is 1.75. The number of carbonyl (C=O) groups excluding carboxylic acids is 2. The minimum Gasteiger partial charge on any atom is -0.339 e. The van der Waals surface area contributed by atoms with Crippen molar-refractivity contribution in [2.24, 2.45) is 17.8 Å². The Morgan fingerprint density at radius 2 is 1.87 bits per heavy atom. The molecule has 7 heteroatoms. The highest BCUT2D eigenvalue weighted by atomic mass is 19.1. The summed E-state index contributed by atoms with van der Waals surface area (Å²) in [4.78, 5) is 33.6. The minimum atomic E-state index is -0.428. The number of Topliss-reactive ketones (excluding diaryl/α,β-unsaturated/α-hetero) is 1. The maximum Gasteiger partial charge on any atom is 0.256 e. The number of likely N-dealkylation sites (tertiary alicyclic amines) is 1. The summed E-state index contributed by atoms with van der Waals surface area (Å²) in [5, 5.41) is 1.16. The number of carbonyl (C=O) groups is 2. The van der Waals surface area contributed by atoms with E-state index in [9.17, 15) is 14.0 Å². The minimum absolute atomic E-state index is 0.00576. The van der Waals surface area contributed by atoms with Gasteiger partial charge in [0.25, 0.3) is 5.91 Å². The molecule has 0 radical (unpaired) electrons. The Kier molecular flexibility index (Phi) is 7.16. The van der Waals surface area contributed by atoms with Crippen LogP contribution in [-0.4, -0.2) is 63.3 Å². The first-order chi connectivity index (χ1) is 18.0. The van der Waals surface area contributed by atoms with E-state index in [2.05, 4.69) is 36.9 Å². The second-order valence-corrected chi connectivity index (χ2v) is 12.0. The van der Waals surface area contributed by atoms with Crippen molar-refractivity contribution < 1.29 is 14.0 Å². The van der Waals surface area contributed by atoms with Gasteiger partial charge in [-0.05, 0) is 74.3 Å². The van der Waals surface area contributed by atoms with E-state index < -0.39 is 5.82 Å². The van der Waals surface area contributed by atoms with Gasteiger partial charge >= 0.3 is 0 Å². The summed E-state index contributed by atoms with van der Waals surface area (Å²) in [6, 6.07) is 4.92. The third kappa shape index (κ3) is 4.77. The van der Waals surface area contributed by atoms with Crippen molar-refractivity contribution in [3.8, 4) is 5.69 Å². The number of benzene rings is 1. The molecule has 0 unspecified atom stereocenters. The van der Waals surface area contributed by atoms with E-state index in [1.54, 1.807) is 18.0 Å². The van der Waals surface area contributed by atoms with Gasteiger partial charge < -0.3 is 9.47 Å². The average molecular weight is 519 g/mol. The zero-order valence-corrected chi connectivity index (χ0v) is 23.4. The summed E-state index contributed by atoms with van der Waals surface area (Å²) >= 11 is 0. The summed E-state index contributed by atoms with van der Waals surface area (Å²) in [5.41, 5.74) is 4.25. The number of aromatic nitrogens is 2. The standard InChI is InChI=1S/C31H39FN4O2/c1-18(2)30(22-10-25(37)11-22)35-15-21(16-35)9-23-17-36(28-14-33-13-20(5)29(23)28)27-8-7-24(32)12-26(27)31(38)34(6)19(3)4/h7-8,12-14,17-19,21-22,30H,9-11,15-16H2,1-6H3/t30-/m0/s1. The smallest absolute Gasteiger partial charge is 0.256 e. The molecule has 2 aliphatic rings. The van der Waals surface area contributed by atoms with Crippen LogP contribution >= 0.6 is 0 Å². The van der Waals surface area contributed by atoms with Crippen molar-refractivity contribution >= 4 is 22.6 Å². The van der Waals surface area contributed by atoms with Crippen LogP contribution in [0, 0.1) is 30.5 Å². The van der Waals surface area contributed by atoms with Crippen molar-refractivity contribution in [2.45, 2.75) is 66.0 Å². The summed E-state index contributed by atoms with van der Waals surface area (Å²) in [5.74, 6) is 1.32. The predicted molar refractivity (Wildman–Crippen MR) is 148 cm³/mol. The SMILES string of the molecule is Cc1cncc2c1c(CC1CN([C@@H](C(C)C)C3CC(=O)C3)C1)cn2-c1ccc(F)cc1C(=O)N(C)C(C)C. The molecule has 1 aromatic carbocycles. The number of fused-ring (bicyclic) bond motifs is 1. The molecular formula is C31H39FN4O2. The van der Waals surface area contributed by atoms with Gasteiger partial charge in [0.1, 0.15) is 11.6 Å². The first-order valence-electron chi connectivity index (χ1n) is 13.8. The lowest BCUT2D eigenvalue weighted by Crippen LogP contribution is -2.58. The Balaban J connectivity index is 1.45. The number of pyridine rings is 1. The van der Waals surface area contributed by atoms with Gasteiger partial charge in [0.05, 0.1) is 23.0 Å². The zero-order chi connectivity index (χ0) is 27.3. The molecule has 1 amide bonds. The molecule has 5 rings (SSSR count). The van der Waals surface area contributed by atoms with Gasteiger partial charge in [0.2, 0.25) is 0 Å². The summed E-state index contributed by atoms with van der Waals surface area (Å²) < 4.78 is 16.4. The maximum absolute atomic E-state index is 14.3. The lowest BCUT2D eigenvalue weighted by molar-refractivity contribution is -0.131. The Labute approximate surface area is 224 Å². The van der Waals surface area contributed by atoms with Gasteiger partial charge in [0.15, 0.2) is 0 Å². The van der Waals surface area contributed by atoms with Gasteiger partial charge in [-0.1, -0.05) is 13.8 Å². The Morgan fingerprint density at radius 3 is 2.50 bits per heavy atom. The quantitative estimate of drug-likeness (QED) is 0.399. The van der Waals surface area contributed by atoms with E-state index >= 15 is 0 Å². The fourth-order valence-corrected chi connectivity index (χ4v) is 6.43. The lowest BCUT2D eigenvalue weighted by atomic mass is 9.72. The van der Waals surface area contributed by atoms with Crippen LogP contribution in [0.4, 0.5) is 4.39 Å². The van der Waals surface area contributed by atoms with Gasteiger partial charge in [-0.3, -0.25) is 19.5 Å². The van der Waals surface area contributed by atoms with Gasteiger partial charge in [-0.2, -0.15) is 0 Å². The Morgan fingerprint density at radius 1 is 1.16 bits per heavy atom. The maximum atomic E-state index is 14.3. The molecule has 2 aromatic heterocycles. The molecule has 1 saturated heterocycles. The Bertz CT molecular complexity index is 1360. The molecule has 0 bridgehead atoms. The fraction of sp³-hybridized carbons (Fsp3) is 0.516. The number of hydrogen-bond acceptors (Lipinski definition) is 4. The first kappa shape index (κ1) is 26.5. The van der Waals surface area contributed by atoms with Crippen molar-refractivity contribution in [3.05, 3.63) is 59.3 Å². The van der Waals surface area contributed by atoms with Gasteiger partial charge in [-0.25, -0.2) is 4.39 Å². The van der Waals surface area contributed by atoms with E-state index in [0.717, 1.165) is 48.8 Å². The van der Waals surface area contributed by atoms with Crippen LogP contribution in [0.3, 0.4) is 0 Å². The number of rotatable bonds is 8. The number of ketones is 1. The van der Waals surface area contributed by atoms with Gasteiger partial charge in [0, 0.05) is 62.8 Å². The van der Waals surface area contributed by atoms with Crippen LogP contribution in [0.25, 0.3) is 16.6 Å². The molecule has 1 aliphatic heterocycles. The molecule has 0 N–H and O–H groups in total. The molecule has 0 spiro atoms. The zero-order valence-electron chi connectivity index (χ0n) is 23.4. The number of aryl methyl sites for hydroxylation is 1. The van der Waals surface area contributed by atoms with Crippen molar-refractivity contribution in [1.29, 1.82) is 0 Å². The van der Waals surface area contributed by atoms with Crippen LogP contribution in [0.15, 0.2) is 36.8 Å². The summed E-state index contributed by atoms with van der Waals surface area (Å²) in [6.07, 6.45) is 8.23. The van der Waals surface area contributed by atoms with E-state index in [1.807, 2.05) is 30.8 Å². The van der Waals surface area contributed by atoms with E-state index in [-0.39, 0.29) is 11.9 Å². The molecular weight excluding hydrogens is 479 g/mol. The summed E-state index contributed by atoms with van der Waals surface area (Å²) in [6.45, 7) is 12.6. The third-order valence-electron chi connectivity index (χ3n) is 8.59. The third-order valence-corrected chi connectivity index (χ3v) is 8.59. The monoisotopic (exact) mass is 518 g/mol. The Hall–Kier alpha value is -3.06. The molecule has 202 valence electrons. The lowest BCUT2D eigenvalue weighted by Gasteiger charge is -2.50. The van der Waals surface area contributed by atoms with E-state index in [0.29, 0.717) is 40.8 Å². The highest BCUT2D eigenvalue weighted by Crippen LogP contribution is 2.38. The number of hydrogen-bond donors (Lipinski definition) is 0. The van der Waals surface area contributed by atoms with Crippen LogP contribution in [0.5, 0.6) is 0 Å². The highest BCUT2D eigenvalue weighted by Gasteiger charge is 2.42. The van der Waals surface area contributed by atoms with Crippen LogP contribution in [-0.2, 0) is 11.2 Å². The number of nitrogens with zero attached hydrogens (tertiary/aromatic N) is 4. The molecule has 6 nitrogen and oxygen atoms in total. The molecule has 1 saturated carbocycles. The number of halogens is 1.